The zero-order valence-electron chi connectivity index (χ0n) is 15.3. The van der Waals surface area contributed by atoms with Gasteiger partial charge in [-0.05, 0) is 43.9 Å². The van der Waals surface area contributed by atoms with Crippen molar-refractivity contribution < 1.29 is 4.79 Å². The summed E-state index contributed by atoms with van der Waals surface area (Å²) >= 11 is 0. The highest BCUT2D eigenvalue weighted by molar-refractivity contribution is 5.94. The number of nitrogens with one attached hydrogen (secondary N) is 2. The Balaban J connectivity index is 1.39. The summed E-state index contributed by atoms with van der Waals surface area (Å²) in [5.74, 6) is 1.77. The maximum atomic E-state index is 12.2. The molecule has 0 unspecified atom stereocenters. The molecule has 1 aromatic heterocycles. The first-order valence-corrected chi connectivity index (χ1v) is 9.64. The molecule has 0 bridgehead atoms. The van der Waals surface area contributed by atoms with E-state index in [1.807, 2.05) is 12.1 Å². The van der Waals surface area contributed by atoms with Gasteiger partial charge < -0.3 is 20.4 Å². The largest absolute Gasteiger partial charge is 0.357 e. The normalized spacial score (nSPS) is 19.8. The molecule has 1 aromatic rings. The fraction of sp³-hybridized carbons (Fsp3) is 0.684. The van der Waals surface area contributed by atoms with E-state index in [1.165, 1.54) is 12.8 Å². The maximum Gasteiger partial charge on any atom is 0.252 e. The molecule has 138 valence electrons. The minimum absolute atomic E-state index is 0.0216. The minimum atomic E-state index is -0.0216. The van der Waals surface area contributed by atoms with Crippen LogP contribution in [-0.4, -0.2) is 68.1 Å². The molecular weight excluding hydrogens is 314 g/mol. The van der Waals surface area contributed by atoms with Crippen molar-refractivity contribution in [3.8, 4) is 0 Å². The standard InChI is InChI=1S/C19H31N5O/c1-16-5-11-24(12-6-16)18-4-3-17(15-22-18)19(25)21-7-2-10-23-13-8-20-9-14-23/h3-4,15-16,20H,2,5-14H2,1H3,(H,21,25). The van der Waals surface area contributed by atoms with E-state index in [1.54, 1.807) is 6.20 Å². The number of nitrogens with zero attached hydrogens (tertiary/aromatic N) is 3. The lowest BCUT2D eigenvalue weighted by atomic mass is 9.99. The molecule has 6 heteroatoms. The molecule has 3 rings (SSSR count). The van der Waals surface area contributed by atoms with E-state index in [0.29, 0.717) is 12.1 Å². The molecule has 2 N–H and O–H groups in total. The van der Waals surface area contributed by atoms with Crippen LogP contribution in [0.15, 0.2) is 18.3 Å². The molecule has 0 aliphatic carbocycles. The van der Waals surface area contributed by atoms with E-state index < -0.39 is 0 Å². The van der Waals surface area contributed by atoms with E-state index in [0.717, 1.165) is 64.0 Å². The van der Waals surface area contributed by atoms with Gasteiger partial charge in [-0.15, -0.1) is 0 Å². The van der Waals surface area contributed by atoms with Gasteiger partial charge in [0, 0.05) is 52.0 Å². The fourth-order valence-corrected chi connectivity index (χ4v) is 3.49. The van der Waals surface area contributed by atoms with E-state index >= 15 is 0 Å². The zero-order valence-corrected chi connectivity index (χ0v) is 15.3. The Morgan fingerprint density at radius 1 is 1.24 bits per heavy atom. The molecule has 2 fully saturated rings. The number of pyridine rings is 1. The van der Waals surface area contributed by atoms with Gasteiger partial charge in [-0.2, -0.15) is 0 Å². The van der Waals surface area contributed by atoms with E-state index in [4.69, 9.17) is 0 Å². The number of rotatable bonds is 6. The lowest BCUT2D eigenvalue weighted by molar-refractivity contribution is 0.0951. The second-order valence-electron chi connectivity index (χ2n) is 7.28. The summed E-state index contributed by atoms with van der Waals surface area (Å²) in [7, 11) is 0. The Morgan fingerprint density at radius 3 is 2.68 bits per heavy atom. The van der Waals surface area contributed by atoms with E-state index in [2.05, 4.69) is 32.3 Å². The van der Waals surface area contributed by atoms with Crippen LogP contribution >= 0.6 is 0 Å². The van der Waals surface area contributed by atoms with Crippen LogP contribution in [0.2, 0.25) is 0 Å². The highest BCUT2D eigenvalue weighted by Crippen LogP contribution is 2.21. The molecule has 0 spiro atoms. The predicted octanol–water partition coefficient (Wildman–Crippen LogP) is 1.34. The van der Waals surface area contributed by atoms with Crippen molar-refractivity contribution in [3.05, 3.63) is 23.9 Å². The van der Waals surface area contributed by atoms with Gasteiger partial charge >= 0.3 is 0 Å². The number of hydrogen-bond acceptors (Lipinski definition) is 5. The van der Waals surface area contributed by atoms with Gasteiger partial charge in [0.2, 0.25) is 0 Å². The average Bonchev–Trinajstić information content (AvgIpc) is 2.67. The molecule has 6 nitrogen and oxygen atoms in total. The Labute approximate surface area is 151 Å². The number of carbonyl (C=O) groups excluding carboxylic acids is 1. The third-order valence-corrected chi connectivity index (χ3v) is 5.26. The van der Waals surface area contributed by atoms with Crippen LogP contribution in [0.4, 0.5) is 5.82 Å². The van der Waals surface area contributed by atoms with Crippen molar-refractivity contribution in [1.29, 1.82) is 0 Å². The zero-order chi connectivity index (χ0) is 17.5. The molecule has 2 aliphatic heterocycles. The minimum Gasteiger partial charge on any atom is -0.357 e. The first-order chi connectivity index (χ1) is 12.2. The lowest BCUT2D eigenvalue weighted by Crippen LogP contribution is -2.44. The molecule has 0 saturated carbocycles. The first-order valence-electron chi connectivity index (χ1n) is 9.64. The Hall–Kier alpha value is -1.66. The summed E-state index contributed by atoms with van der Waals surface area (Å²) in [6.45, 7) is 10.5. The van der Waals surface area contributed by atoms with Crippen LogP contribution in [0.5, 0.6) is 0 Å². The molecule has 2 saturated heterocycles. The Bertz CT molecular complexity index is 533. The second kappa shape index (κ2) is 9.15. The lowest BCUT2D eigenvalue weighted by Gasteiger charge is -2.31. The number of aromatic nitrogens is 1. The van der Waals surface area contributed by atoms with Gasteiger partial charge in [0.15, 0.2) is 0 Å². The van der Waals surface area contributed by atoms with Crippen LogP contribution in [0.3, 0.4) is 0 Å². The van der Waals surface area contributed by atoms with Gasteiger partial charge in [0.1, 0.15) is 5.82 Å². The van der Waals surface area contributed by atoms with Crippen LogP contribution in [0.1, 0.15) is 36.5 Å². The van der Waals surface area contributed by atoms with Crippen molar-refractivity contribution in [2.45, 2.75) is 26.2 Å². The number of amides is 1. The number of piperazine rings is 1. The van der Waals surface area contributed by atoms with Crippen molar-refractivity contribution in [1.82, 2.24) is 20.5 Å². The summed E-state index contributed by atoms with van der Waals surface area (Å²) in [5, 5.41) is 6.36. The Morgan fingerprint density at radius 2 is 2.00 bits per heavy atom. The number of anilines is 1. The van der Waals surface area contributed by atoms with Gasteiger partial charge in [0.05, 0.1) is 5.56 Å². The molecule has 0 atom stereocenters. The molecule has 0 aromatic carbocycles. The van der Waals surface area contributed by atoms with Crippen molar-refractivity contribution in [2.75, 3.05) is 57.3 Å². The third-order valence-electron chi connectivity index (χ3n) is 5.26. The quantitative estimate of drug-likeness (QED) is 0.762. The number of hydrogen-bond donors (Lipinski definition) is 2. The van der Waals surface area contributed by atoms with Crippen LogP contribution in [0.25, 0.3) is 0 Å². The van der Waals surface area contributed by atoms with Crippen molar-refractivity contribution in [2.24, 2.45) is 5.92 Å². The molecule has 1 amide bonds. The molecule has 25 heavy (non-hydrogen) atoms. The highest BCUT2D eigenvalue weighted by Gasteiger charge is 2.17. The summed E-state index contributed by atoms with van der Waals surface area (Å²) in [6, 6.07) is 3.87. The molecular formula is C19H31N5O. The van der Waals surface area contributed by atoms with E-state index in [9.17, 15) is 4.79 Å². The third kappa shape index (κ3) is 5.41. The van der Waals surface area contributed by atoms with Gasteiger partial charge in [-0.1, -0.05) is 6.92 Å². The van der Waals surface area contributed by atoms with Gasteiger partial charge in [-0.25, -0.2) is 4.98 Å². The smallest absolute Gasteiger partial charge is 0.252 e. The molecule has 2 aliphatic rings. The summed E-state index contributed by atoms with van der Waals surface area (Å²) in [4.78, 5) is 21.5. The molecule has 0 radical (unpaired) electrons. The SMILES string of the molecule is CC1CCN(c2ccc(C(=O)NCCCN3CCNCC3)cn2)CC1. The summed E-state index contributed by atoms with van der Waals surface area (Å²) in [6.07, 6.45) is 5.14. The highest BCUT2D eigenvalue weighted by atomic mass is 16.1. The fourth-order valence-electron chi connectivity index (χ4n) is 3.49. The average molecular weight is 345 g/mol. The van der Waals surface area contributed by atoms with Gasteiger partial charge in [-0.3, -0.25) is 4.79 Å². The maximum absolute atomic E-state index is 12.2. The topological polar surface area (TPSA) is 60.5 Å². The predicted molar refractivity (Wildman–Crippen MR) is 101 cm³/mol. The van der Waals surface area contributed by atoms with E-state index in [-0.39, 0.29) is 5.91 Å². The summed E-state index contributed by atoms with van der Waals surface area (Å²) in [5.41, 5.74) is 0.649. The number of carbonyl (C=O) groups is 1. The van der Waals surface area contributed by atoms with Crippen molar-refractivity contribution in [3.63, 3.8) is 0 Å². The second-order valence-corrected chi connectivity index (χ2v) is 7.28. The van der Waals surface area contributed by atoms with Crippen LogP contribution in [-0.2, 0) is 0 Å². The Kier molecular flexibility index (Phi) is 6.64. The first kappa shape index (κ1) is 18.1. The van der Waals surface area contributed by atoms with Crippen LogP contribution in [0, 0.1) is 5.92 Å². The van der Waals surface area contributed by atoms with Crippen LogP contribution < -0.4 is 15.5 Å². The van der Waals surface area contributed by atoms with Gasteiger partial charge in [0.25, 0.3) is 5.91 Å². The summed E-state index contributed by atoms with van der Waals surface area (Å²) < 4.78 is 0. The molecule has 3 heterocycles. The number of piperidine rings is 1. The monoisotopic (exact) mass is 345 g/mol. The van der Waals surface area contributed by atoms with Crippen molar-refractivity contribution >= 4 is 11.7 Å².